The summed E-state index contributed by atoms with van der Waals surface area (Å²) in [5.74, 6) is 0.713. The molecule has 3 heteroatoms. The minimum Gasteiger partial charge on any atom is -0.382 e. The quantitative estimate of drug-likeness (QED) is 0.636. The molecule has 1 aliphatic rings. The third kappa shape index (κ3) is 6.88. The lowest BCUT2D eigenvalue weighted by atomic mass is 10.1. The van der Waals surface area contributed by atoms with Crippen LogP contribution < -0.4 is 5.32 Å². The summed E-state index contributed by atoms with van der Waals surface area (Å²) in [6.07, 6.45) is 4.00. The molecule has 0 bridgehead atoms. The molecular weight excluding hydrogens is 190 g/mol. The lowest BCUT2D eigenvalue weighted by Crippen LogP contribution is -2.34. The van der Waals surface area contributed by atoms with E-state index in [1.165, 1.54) is 12.8 Å². The minimum absolute atomic E-state index is 0.217. The number of methoxy groups -OCH3 is 1. The fraction of sp³-hybridized carbons (Fsp3) is 1.00. The van der Waals surface area contributed by atoms with Crippen molar-refractivity contribution in [3.63, 3.8) is 0 Å². The fourth-order valence-electron chi connectivity index (χ4n) is 1.41. The van der Waals surface area contributed by atoms with E-state index < -0.39 is 0 Å². The van der Waals surface area contributed by atoms with E-state index in [1.54, 1.807) is 7.11 Å². The molecule has 0 radical (unpaired) electrons. The first kappa shape index (κ1) is 12.9. The van der Waals surface area contributed by atoms with Crippen LogP contribution in [0.1, 0.15) is 33.1 Å². The zero-order chi connectivity index (χ0) is 11.1. The van der Waals surface area contributed by atoms with Crippen molar-refractivity contribution >= 4 is 0 Å². The molecule has 1 fully saturated rings. The Bertz CT molecular complexity index is 158. The second kappa shape index (κ2) is 7.20. The number of rotatable bonds is 9. The Morgan fingerprint density at radius 2 is 2.07 bits per heavy atom. The summed E-state index contributed by atoms with van der Waals surface area (Å²) >= 11 is 0. The number of ether oxygens (including phenoxy) is 2. The Morgan fingerprint density at radius 3 is 2.60 bits per heavy atom. The highest BCUT2D eigenvalue weighted by atomic mass is 16.5. The first-order valence-corrected chi connectivity index (χ1v) is 6.06. The molecule has 1 atom stereocenters. The number of hydrogen-bond acceptors (Lipinski definition) is 3. The van der Waals surface area contributed by atoms with Gasteiger partial charge in [0.15, 0.2) is 0 Å². The maximum atomic E-state index is 5.78. The third-order valence-electron chi connectivity index (χ3n) is 2.61. The maximum absolute atomic E-state index is 5.78. The van der Waals surface area contributed by atoms with Crippen molar-refractivity contribution in [3.8, 4) is 0 Å². The van der Waals surface area contributed by atoms with E-state index in [1.807, 2.05) is 0 Å². The van der Waals surface area contributed by atoms with Crippen LogP contribution in [0.25, 0.3) is 0 Å². The standard InChI is InChI=1S/C12H25NO2/c1-10(2)6-7-15-12(9-14-3)8-13-11-4-5-11/h10-13H,4-9H2,1-3H3. The van der Waals surface area contributed by atoms with Crippen LogP contribution >= 0.6 is 0 Å². The zero-order valence-corrected chi connectivity index (χ0v) is 10.3. The van der Waals surface area contributed by atoms with Gasteiger partial charge in [0, 0.05) is 26.3 Å². The Labute approximate surface area is 93.5 Å². The van der Waals surface area contributed by atoms with Gasteiger partial charge in [-0.05, 0) is 25.2 Å². The first-order chi connectivity index (χ1) is 7.22. The van der Waals surface area contributed by atoms with Crippen LogP contribution in [0.4, 0.5) is 0 Å². The van der Waals surface area contributed by atoms with Gasteiger partial charge in [0.05, 0.1) is 12.7 Å². The van der Waals surface area contributed by atoms with Crippen molar-refractivity contribution in [2.45, 2.75) is 45.3 Å². The zero-order valence-electron chi connectivity index (χ0n) is 10.3. The Balaban J connectivity index is 2.05. The summed E-state index contributed by atoms with van der Waals surface area (Å²) in [6.45, 7) is 6.90. The smallest absolute Gasteiger partial charge is 0.0932 e. The van der Waals surface area contributed by atoms with Crippen LogP contribution in [0, 0.1) is 5.92 Å². The largest absolute Gasteiger partial charge is 0.382 e. The van der Waals surface area contributed by atoms with Gasteiger partial charge in [0.2, 0.25) is 0 Å². The molecule has 0 saturated heterocycles. The maximum Gasteiger partial charge on any atom is 0.0932 e. The second-order valence-electron chi connectivity index (χ2n) is 4.81. The van der Waals surface area contributed by atoms with Gasteiger partial charge in [-0.15, -0.1) is 0 Å². The Hall–Kier alpha value is -0.120. The summed E-state index contributed by atoms with van der Waals surface area (Å²) in [4.78, 5) is 0. The second-order valence-corrected chi connectivity index (χ2v) is 4.81. The van der Waals surface area contributed by atoms with E-state index in [0.717, 1.165) is 25.6 Å². The molecule has 15 heavy (non-hydrogen) atoms. The summed E-state index contributed by atoms with van der Waals surface area (Å²) in [5, 5.41) is 3.47. The van der Waals surface area contributed by atoms with Gasteiger partial charge in [-0.2, -0.15) is 0 Å². The van der Waals surface area contributed by atoms with Gasteiger partial charge in [0.25, 0.3) is 0 Å². The molecule has 3 nitrogen and oxygen atoms in total. The minimum atomic E-state index is 0.217. The predicted octanol–water partition coefficient (Wildman–Crippen LogP) is 1.82. The molecule has 0 aliphatic heterocycles. The Morgan fingerprint density at radius 1 is 1.33 bits per heavy atom. The molecule has 1 unspecified atom stereocenters. The molecule has 0 amide bonds. The monoisotopic (exact) mass is 215 g/mol. The van der Waals surface area contributed by atoms with E-state index in [4.69, 9.17) is 9.47 Å². The van der Waals surface area contributed by atoms with Gasteiger partial charge >= 0.3 is 0 Å². The fourth-order valence-corrected chi connectivity index (χ4v) is 1.41. The lowest BCUT2D eigenvalue weighted by Gasteiger charge is -2.18. The molecular formula is C12H25NO2. The van der Waals surface area contributed by atoms with Crippen molar-refractivity contribution in [1.82, 2.24) is 5.32 Å². The van der Waals surface area contributed by atoms with E-state index in [9.17, 15) is 0 Å². The van der Waals surface area contributed by atoms with Crippen molar-refractivity contribution in [3.05, 3.63) is 0 Å². The summed E-state index contributed by atoms with van der Waals surface area (Å²) in [6, 6.07) is 0.748. The third-order valence-corrected chi connectivity index (χ3v) is 2.61. The topological polar surface area (TPSA) is 30.5 Å². The highest BCUT2D eigenvalue weighted by molar-refractivity contribution is 4.82. The molecule has 1 aliphatic carbocycles. The van der Waals surface area contributed by atoms with Crippen LogP contribution in [0.5, 0.6) is 0 Å². The number of hydrogen-bond donors (Lipinski definition) is 1. The highest BCUT2D eigenvalue weighted by Gasteiger charge is 2.22. The normalized spacial score (nSPS) is 18.4. The van der Waals surface area contributed by atoms with Crippen LogP contribution in [-0.2, 0) is 9.47 Å². The summed E-state index contributed by atoms with van der Waals surface area (Å²) in [7, 11) is 1.73. The van der Waals surface area contributed by atoms with Crippen molar-refractivity contribution in [2.24, 2.45) is 5.92 Å². The van der Waals surface area contributed by atoms with Crippen LogP contribution in [0.2, 0.25) is 0 Å². The molecule has 0 aromatic rings. The number of nitrogens with one attached hydrogen (secondary N) is 1. The molecule has 0 spiro atoms. The van der Waals surface area contributed by atoms with Crippen molar-refractivity contribution in [1.29, 1.82) is 0 Å². The van der Waals surface area contributed by atoms with Crippen LogP contribution in [0.3, 0.4) is 0 Å². The predicted molar refractivity (Wildman–Crippen MR) is 62.1 cm³/mol. The van der Waals surface area contributed by atoms with Crippen LogP contribution in [0.15, 0.2) is 0 Å². The average Bonchev–Trinajstić information content (AvgIpc) is 2.97. The molecule has 0 aromatic carbocycles. The SMILES string of the molecule is COCC(CNC1CC1)OCCC(C)C. The van der Waals surface area contributed by atoms with Gasteiger partial charge in [0.1, 0.15) is 0 Å². The van der Waals surface area contributed by atoms with Crippen LogP contribution in [-0.4, -0.2) is 39.0 Å². The molecule has 1 N–H and O–H groups in total. The van der Waals surface area contributed by atoms with Crippen molar-refractivity contribution in [2.75, 3.05) is 26.9 Å². The summed E-state index contributed by atoms with van der Waals surface area (Å²) < 4.78 is 10.9. The van der Waals surface area contributed by atoms with Crippen molar-refractivity contribution < 1.29 is 9.47 Å². The van der Waals surface area contributed by atoms with E-state index in [0.29, 0.717) is 12.5 Å². The molecule has 1 rings (SSSR count). The first-order valence-electron chi connectivity index (χ1n) is 6.06. The lowest BCUT2D eigenvalue weighted by molar-refractivity contribution is -0.00493. The van der Waals surface area contributed by atoms with Gasteiger partial charge in [-0.25, -0.2) is 0 Å². The highest BCUT2D eigenvalue weighted by Crippen LogP contribution is 2.18. The van der Waals surface area contributed by atoms with Gasteiger partial charge < -0.3 is 14.8 Å². The Kier molecular flexibility index (Phi) is 6.22. The molecule has 0 heterocycles. The summed E-state index contributed by atoms with van der Waals surface area (Å²) in [5.41, 5.74) is 0. The van der Waals surface area contributed by atoms with E-state index >= 15 is 0 Å². The van der Waals surface area contributed by atoms with Gasteiger partial charge in [-0.3, -0.25) is 0 Å². The molecule has 0 aromatic heterocycles. The van der Waals surface area contributed by atoms with E-state index in [2.05, 4.69) is 19.2 Å². The average molecular weight is 215 g/mol. The molecule has 90 valence electrons. The van der Waals surface area contributed by atoms with E-state index in [-0.39, 0.29) is 6.10 Å². The van der Waals surface area contributed by atoms with Gasteiger partial charge in [-0.1, -0.05) is 13.8 Å². The molecule has 1 saturated carbocycles.